The fourth-order valence-electron chi connectivity index (χ4n) is 13.6. The lowest BCUT2D eigenvalue weighted by molar-refractivity contribution is 0.332. The summed E-state index contributed by atoms with van der Waals surface area (Å²) in [5.74, 6) is 0. The van der Waals surface area contributed by atoms with Gasteiger partial charge in [-0.1, -0.05) is 149 Å². The normalized spacial score (nSPS) is 16.4. The van der Waals surface area contributed by atoms with Crippen molar-refractivity contribution in [3.05, 3.63) is 241 Å². The van der Waals surface area contributed by atoms with Crippen molar-refractivity contribution >= 4 is 95.2 Å². The van der Waals surface area contributed by atoms with E-state index in [4.69, 9.17) is 4.42 Å². The fourth-order valence-corrected chi connectivity index (χ4v) is 17.8. The van der Waals surface area contributed by atoms with Crippen LogP contribution >= 0.6 is 10.0 Å². The van der Waals surface area contributed by atoms with Crippen LogP contribution in [0.25, 0.3) is 33.1 Å². The predicted octanol–water partition coefficient (Wildman–Crippen LogP) is 18.1. The highest BCUT2D eigenvalue weighted by Crippen LogP contribution is 2.80. The number of para-hydroxylation sites is 5. The van der Waals surface area contributed by atoms with E-state index in [1.807, 2.05) is 0 Å². The predicted molar refractivity (Wildman–Crippen MR) is 316 cm³/mol. The molecule has 6 heteroatoms. The summed E-state index contributed by atoms with van der Waals surface area (Å²) < 4.78 is 7.35. The van der Waals surface area contributed by atoms with Crippen molar-refractivity contribution in [3.63, 3.8) is 0 Å². The van der Waals surface area contributed by atoms with E-state index >= 15 is 0 Å². The number of rotatable bonds is 6. The number of anilines is 8. The first kappa shape index (κ1) is 44.3. The van der Waals surface area contributed by atoms with Crippen molar-refractivity contribution in [2.24, 2.45) is 0 Å². The number of fused-ring (bicyclic) bond motifs is 11. The van der Waals surface area contributed by atoms with Crippen LogP contribution in [0.15, 0.2) is 248 Å². The first-order valence-electron chi connectivity index (χ1n) is 26.6. The Hall–Kier alpha value is -8.19. The maximum Gasteiger partial charge on any atom is 0.337 e. The van der Waals surface area contributed by atoms with Gasteiger partial charge in [-0.3, -0.25) is 0 Å². The highest BCUT2D eigenvalue weighted by molar-refractivity contribution is 8.34. The summed E-state index contributed by atoms with van der Waals surface area (Å²) in [5, 5.41) is 2.26. The molecule has 4 aliphatic rings. The van der Waals surface area contributed by atoms with E-state index in [1.54, 1.807) is 0 Å². The molecule has 1 aliphatic carbocycles. The zero-order valence-corrected chi connectivity index (χ0v) is 43.8. The number of aryl methyl sites for hydroxylation is 1. The standard InChI is InChI=1S/C69H56BN3OS/c1-45-41-55-56(69(4,5)40-39-68(55,2)3)44-59(45)72-58-38-37-53-51-31-18-20-34-61(51)74-67(53)65(58)70-64-54(42-48(43-60(64)72)71(46-23-10-6-11-24-46)47-25-12-7-13-26-47)52-32-22-36-63-66(52)73(70)57-33-19-21-35-62(57)75(63,49-27-14-8-15-28-49)50-29-16-9-17-30-50/h6-38,41-44H,39-40H2,1-5H3. The minimum atomic E-state index is -2.06. The Bertz CT molecular complexity index is 4030. The Labute approximate surface area is 441 Å². The van der Waals surface area contributed by atoms with Crippen LogP contribution in [-0.4, -0.2) is 6.85 Å². The first-order valence-corrected chi connectivity index (χ1v) is 28.2. The summed E-state index contributed by atoms with van der Waals surface area (Å²) in [7, 11) is -2.06. The molecular formula is C69H56BN3OS. The first-order chi connectivity index (χ1) is 36.6. The molecule has 0 N–H and O–H groups in total. The average molecular weight is 986 g/mol. The molecule has 10 aromatic carbocycles. The third-order valence-electron chi connectivity index (χ3n) is 17.2. The van der Waals surface area contributed by atoms with Crippen molar-refractivity contribution in [1.29, 1.82) is 0 Å². The van der Waals surface area contributed by atoms with Crippen LogP contribution in [0.1, 0.15) is 57.2 Å². The molecule has 362 valence electrons. The van der Waals surface area contributed by atoms with Crippen molar-refractivity contribution in [2.75, 3.05) is 14.6 Å². The molecule has 75 heavy (non-hydrogen) atoms. The summed E-state index contributed by atoms with van der Waals surface area (Å²) in [6.45, 7) is 11.9. The highest BCUT2D eigenvalue weighted by Gasteiger charge is 2.53. The molecule has 0 radical (unpaired) electrons. The Morgan fingerprint density at radius 1 is 0.467 bits per heavy atom. The van der Waals surface area contributed by atoms with Crippen LogP contribution in [0.3, 0.4) is 0 Å². The molecule has 11 aromatic rings. The maximum absolute atomic E-state index is 7.35. The Kier molecular flexibility index (Phi) is 9.55. The van der Waals surface area contributed by atoms with E-state index in [1.165, 1.54) is 81.1 Å². The summed E-state index contributed by atoms with van der Waals surface area (Å²) in [4.78, 5) is 13.1. The molecule has 15 rings (SSSR count). The third kappa shape index (κ3) is 6.21. The number of nitrogens with zero attached hydrogens (tertiary/aromatic N) is 3. The van der Waals surface area contributed by atoms with E-state index in [9.17, 15) is 0 Å². The number of furan rings is 1. The van der Waals surface area contributed by atoms with E-state index in [0.29, 0.717) is 0 Å². The third-order valence-corrected chi connectivity index (χ3v) is 21.2. The van der Waals surface area contributed by atoms with Gasteiger partial charge in [-0.25, -0.2) is 0 Å². The minimum absolute atomic E-state index is 0.00493. The summed E-state index contributed by atoms with van der Waals surface area (Å²) in [5.41, 5.74) is 20.3. The van der Waals surface area contributed by atoms with Crippen LogP contribution in [-0.2, 0) is 10.8 Å². The number of benzene rings is 10. The quantitative estimate of drug-likeness (QED) is 0.155. The number of hydrogen-bond acceptors (Lipinski definition) is 4. The van der Waals surface area contributed by atoms with Crippen LogP contribution < -0.4 is 25.5 Å². The van der Waals surface area contributed by atoms with Crippen molar-refractivity contribution < 1.29 is 4.42 Å². The van der Waals surface area contributed by atoms with E-state index in [-0.39, 0.29) is 17.7 Å². The van der Waals surface area contributed by atoms with Crippen molar-refractivity contribution in [3.8, 4) is 11.1 Å². The van der Waals surface area contributed by atoms with Crippen molar-refractivity contribution in [1.82, 2.24) is 0 Å². The topological polar surface area (TPSA) is 22.9 Å². The Balaban J connectivity index is 1.13. The molecule has 0 saturated carbocycles. The summed E-state index contributed by atoms with van der Waals surface area (Å²) in [6.07, 6.45) is 2.29. The van der Waals surface area contributed by atoms with Gasteiger partial charge >= 0.3 is 6.85 Å². The van der Waals surface area contributed by atoms with Gasteiger partial charge in [-0.15, -0.1) is 10.0 Å². The second-order valence-electron chi connectivity index (χ2n) is 22.3. The van der Waals surface area contributed by atoms with Gasteiger partial charge in [0.1, 0.15) is 11.2 Å². The van der Waals surface area contributed by atoms with Crippen LogP contribution in [0, 0.1) is 6.92 Å². The minimum Gasteiger partial charge on any atom is -0.456 e. The maximum atomic E-state index is 7.35. The highest BCUT2D eigenvalue weighted by atomic mass is 32.3. The molecule has 3 aliphatic heterocycles. The molecule has 0 spiro atoms. The van der Waals surface area contributed by atoms with Gasteiger partial charge in [0.2, 0.25) is 0 Å². The van der Waals surface area contributed by atoms with Crippen LogP contribution in [0.2, 0.25) is 0 Å². The Morgan fingerprint density at radius 2 is 1.05 bits per heavy atom. The summed E-state index contributed by atoms with van der Waals surface area (Å²) in [6, 6.07) is 84.5. The van der Waals surface area contributed by atoms with E-state index in [2.05, 4.69) is 274 Å². The molecule has 0 unspecified atom stereocenters. The second kappa shape index (κ2) is 16.2. The molecule has 0 saturated heterocycles. The smallest absolute Gasteiger partial charge is 0.337 e. The largest absolute Gasteiger partial charge is 0.456 e. The molecule has 0 fully saturated rings. The Morgan fingerprint density at radius 3 is 1.73 bits per heavy atom. The molecule has 1 aromatic heterocycles. The zero-order chi connectivity index (χ0) is 50.4. The molecule has 0 atom stereocenters. The van der Waals surface area contributed by atoms with Crippen LogP contribution in [0.4, 0.5) is 45.5 Å². The lowest BCUT2D eigenvalue weighted by atomic mass is 9.43. The van der Waals surface area contributed by atoms with Gasteiger partial charge in [0.15, 0.2) is 0 Å². The lowest BCUT2D eigenvalue weighted by Gasteiger charge is -2.55. The van der Waals surface area contributed by atoms with E-state index in [0.717, 1.165) is 57.5 Å². The second-order valence-corrected chi connectivity index (χ2v) is 25.4. The number of hydrogen-bond donors (Lipinski definition) is 0. The molecule has 4 heterocycles. The lowest BCUT2D eigenvalue weighted by Crippen LogP contribution is -2.62. The zero-order valence-electron chi connectivity index (χ0n) is 43.0. The SMILES string of the molecule is Cc1cc2c(cc1N1c3cc(N(c4ccccc4)c4ccccc4)cc4c3B(c3c1ccc1c3oc3ccccc31)N1c3ccccc3S(c3ccccc3)(c3ccccc3)c3cccc-4c31)C(C)(C)CCC2(C)C. The van der Waals surface area contributed by atoms with Crippen molar-refractivity contribution in [2.45, 2.75) is 77.9 Å². The van der Waals surface area contributed by atoms with Gasteiger partial charge in [-0.2, -0.15) is 0 Å². The van der Waals surface area contributed by atoms with E-state index < -0.39 is 10.0 Å². The average Bonchev–Trinajstić information content (AvgIpc) is 3.88. The molecule has 0 amide bonds. The van der Waals surface area contributed by atoms with Crippen LogP contribution in [0.5, 0.6) is 0 Å². The fraction of sp³-hybridized carbons (Fsp3) is 0.130. The van der Waals surface area contributed by atoms with Gasteiger partial charge in [0.05, 0.1) is 5.69 Å². The molecular weight excluding hydrogens is 930 g/mol. The molecule has 0 bridgehead atoms. The van der Waals surface area contributed by atoms with Gasteiger partial charge in [0, 0.05) is 81.2 Å². The monoisotopic (exact) mass is 985 g/mol. The molecule has 4 nitrogen and oxygen atoms in total. The summed E-state index contributed by atoms with van der Waals surface area (Å²) >= 11 is 0. The van der Waals surface area contributed by atoms with Gasteiger partial charge in [-0.05, 0) is 161 Å². The van der Waals surface area contributed by atoms with Gasteiger partial charge in [0.25, 0.3) is 0 Å². The van der Waals surface area contributed by atoms with Gasteiger partial charge < -0.3 is 19.0 Å².